The van der Waals surface area contributed by atoms with Crippen LogP contribution in [0.4, 0.5) is 0 Å². The monoisotopic (exact) mass is 1540 g/mol. The Bertz CT molecular complexity index is 3460. The molecule has 109 heavy (non-hydrogen) atoms. The van der Waals surface area contributed by atoms with Crippen molar-refractivity contribution in [3.63, 3.8) is 0 Å². The summed E-state index contributed by atoms with van der Waals surface area (Å²) in [6.07, 6.45) is -18.3. The Balaban J connectivity index is 1.17. The molecule has 0 bridgehead atoms. The zero-order valence-corrected chi connectivity index (χ0v) is 60.8. The Kier molecular flexibility index (Phi) is 32.9. The highest BCUT2D eigenvalue weighted by atomic mass is 16.8. The average Bonchev–Trinajstić information content (AvgIpc) is 0.794. The summed E-state index contributed by atoms with van der Waals surface area (Å²) in [5.74, 6) is -12.1. The van der Waals surface area contributed by atoms with Crippen molar-refractivity contribution < 1.29 is 157 Å². The van der Waals surface area contributed by atoms with Crippen LogP contribution in [0.1, 0.15) is 99.8 Å². The molecule has 3 aliphatic heterocycles. The second-order valence-corrected chi connectivity index (χ2v) is 23.8. The van der Waals surface area contributed by atoms with Crippen LogP contribution < -0.4 is 30.5 Å². The third-order valence-electron chi connectivity index (χ3n) is 14.6. The number of carbonyl (C=O) groups is 15. The second-order valence-electron chi connectivity index (χ2n) is 23.8. The van der Waals surface area contributed by atoms with E-state index in [1.165, 1.54) is 91.4 Å². The smallest absolute Gasteiger partial charge is 0.303 e. The first-order chi connectivity index (χ1) is 51.6. The number of hydrogen-bond donors (Lipinski definition) is 3. The molecule has 3 fully saturated rings. The van der Waals surface area contributed by atoms with Gasteiger partial charge in [0.05, 0.1) is 38.3 Å². The van der Waals surface area contributed by atoms with Crippen LogP contribution in [0.2, 0.25) is 0 Å². The lowest BCUT2D eigenvalue weighted by Gasteiger charge is -2.43. The number of ether oxygens (including phenoxy) is 18. The molecule has 0 radical (unpaired) electrons. The van der Waals surface area contributed by atoms with Crippen molar-refractivity contribution in [3.8, 4) is 17.2 Å². The van der Waals surface area contributed by atoms with Crippen molar-refractivity contribution in [2.45, 2.75) is 175 Å². The molecule has 40 heteroatoms. The maximum Gasteiger partial charge on any atom is 0.303 e. The van der Waals surface area contributed by atoms with Crippen molar-refractivity contribution in [3.05, 3.63) is 89.5 Å². The molecule has 0 spiro atoms. The van der Waals surface area contributed by atoms with Crippen LogP contribution in [0.5, 0.6) is 17.2 Å². The molecule has 0 aromatic heterocycles. The summed E-state index contributed by atoms with van der Waals surface area (Å²) in [5, 5.41) is 12.0. The lowest BCUT2D eigenvalue weighted by molar-refractivity contribution is -0.288. The van der Waals surface area contributed by atoms with Gasteiger partial charge in [-0.05, 0) is 89.5 Å². The van der Waals surface area contributed by atoms with Gasteiger partial charge in [0, 0.05) is 83.1 Å². The van der Waals surface area contributed by atoms with Gasteiger partial charge in [0.1, 0.15) is 55.4 Å². The van der Waals surface area contributed by atoms with Crippen LogP contribution >= 0.6 is 0 Å². The SMILES string of the molecule is CC(=O)OC[C@H]1O[C@H](Oc2ccc(/C=N\NC(=O)CN(CC(=O)N/N=C\c3ccc(O[C@H]4O[C@H](COC(C)=O)[C@@H](OC(C)=O)[C@H](OC(C)=O)[C@@H]4OC(C)=O)cc3)CC(=O)N/N=C/c3ccc(O[C@H]4O[C@H](COC(C)=O)[C@@H](OC(C)=O)[C@H](OC(C)=O)[C@@H]4OC(C)=O)cc3)cc2)[C@@H](OC(C)=O)[C@@H](OC(C)=O)[C@@H]1OC(C)=O. The van der Waals surface area contributed by atoms with E-state index in [4.69, 9.17) is 85.3 Å². The number of hydrazone groups is 3. The summed E-state index contributed by atoms with van der Waals surface area (Å²) >= 11 is 0. The van der Waals surface area contributed by atoms with Crippen LogP contribution in [0.15, 0.2) is 88.1 Å². The van der Waals surface area contributed by atoms with Crippen molar-refractivity contribution in [1.82, 2.24) is 21.2 Å². The van der Waals surface area contributed by atoms with Crippen LogP contribution in [0.3, 0.4) is 0 Å². The van der Waals surface area contributed by atoms with E-state index in [9.17, 15) is 71.9 Å². The van der Waals surface area contributed by atoms with E-state index in [2.05, 4.69) is 31.6 Å². The van der Waals surface area contributed by atoms with Crippen molar-refractivity contribution in [1.29, 1.82) is 0 Å². The average molecular weight is 1540 g/mol. The summed E-state index contributed by atoms with van der Waals surface area (Å²) in [7, 11) is 0. The molecule has 3 aromatic carbocycles. The number of hydrogen-bond acceptors (Lipinski definition) is 37. The zero-order chi connectivity index (χ0) is 80.2. The molecule has 3 aliphatic rings. The van der Waals surface area contributed by atoms with Crippen molar-refractivity contribution in [2.24, 2.45) is 15.3 Å². The van der Waals surface area contributed by atoms with E-state index >= 15 is 0 Å². The summed E-state index contributed by atoms with van der Waals surface area (Å²) in [6, 6.07) is 17.4. The predicted molar refractivity (Wildman–Crippen MR) is 361 cm³/mol. The van der Waals surface area contributed by atoms with E-state index < -0.39 is 221 Å². The van der Waals surface area contributed by atoms with Crippen LogP contribution in [-0.4, -0.2) is 244 Å². The fourth-order valence-corrected chi connectivity index (χ4v) is 10.6. The van der Waals surface area contributed by atoms with Gasteiger partial charge in [-0.2, -0.15) is 15.3 Å². The van der Waals surface area contributed by atoms with Gasteiger partial charge >= 0.3 is 71.6 Å². The quantitative estimate of drug-likeness (QED) is 0.0316. The van der Waals surface area contributed by atoms with Gasteiger partial charge in [-0.25, -0.2) is 16.3 Å². The molecule has 3 aromatic rings. The van der Waals surface area contributed by atoms with E-state index in [1.54, 1.807) is 0 Å². The molecule has 0 aliphatic carbocycles. The molecule has 0 saturated carbocycles. The Morgan fingerprint density at radius 3 is 0.706 bits per heavy atom. The third kappa shape index (κ3) is 29.0. The number of nitrogens with one attached hydrogen (secondary N) is 3. The van der Waals surface area contributed by atoms with Crippen LogP contribution in [0, 0.1) is 0 Å². The third-order valence-corrected chi connectivity index (χ3v) is 14.6. The minimum Gasteiger partial charge on any atom is -0.463 e. The molecule has 590 valence electrons. The van der Waals surface area contributed by atoms with E-state index in [-0.39, 0.29) is 17.2 Å². The molecular formula is C69H81N7O33. The van der Waals surface area contributed by atoms with Gasteiger partial charge in [-0.15, -0.1) is 0 Å². The van der Waals surface area contributed by atoms with Gasteiger partial charge in [-0.3, -0.25) is 76.8 Å². The number of rotatable bonds is 33. The number of carbonyl (C=O) groups excluding carboxylic acids is 15. The highest BCUT2D eigenvalue weighted by Gasteiger charge is 2.56. The van der Waals surface area contributed by atoms with Gasteiger partial charge < -0.3 is 85.3 Å². The summed E-state index contributed by atoms with van der Waals surface area (Å²) < 4.78 is 101. The molecule has 3 heterocycles. The molecular weight excluding hydrogens is 1450 g/mol. The lowest BCUT2D eigenvalue weighted by atomic mass is 9.98. The lowest BCUT2D eigenvalue weighted by Crippen LogP contribution is -2.63. The Morgan fingerprint density at radius 1 is 0.303 bits per heavy atom. The fourth-order valence-electron chi connectivity index (χ4n) is 10.6. The topological polar surface area (TPSA) is 499 Å². The van der Waals surface area contributed by atoms with Gasteiger partial charge in [0.25, 0.3) is 17.7 Å². The molecule has 0 unspecified atom stereocenters. The van der Waals surface area contributed by atoms with Crippen molar-refractivity contribution in [2.75, 3.05) is 39.5 Å². The van der Waals surface area contributed by atoms with Crippen LogP contribution in [-0.2, 0) is 143 Å². The minimum atomic E-state index is -1.55. The Labute approximate surface area is 621 Å². The number of amides is 3. The maximum absolute atomic E-state index is 13.5. The minimum absolute atomic E-state index is 0.0776. The highest BCUT2D eigenvalue weighted by Crippen LogP contribution is 2.35. The Morgan fingerprint density at radius 2 is 0.505 bits per heavy atom. The standard InChI is InChI=1S/C69H81N7O33/c1-34(77)92-31-52-58(95-37(4)80)61(98-40(7)83)64(101-43(10)86)67(107-52)104-49-19-13-46(14-20-49)25-70-73-55(89)28-76(29-56(90)74-71-26-47-15-21-50(22-16-47)105-68-65(102-44(11)87)62(99-41(8)84)59(96-38(5)81)53(108-68)32-93-35(2)78)30-57(91)75-72-27-48-17-23-51(24-18-48)106-69-66(103-45(12)88)63(100-42(9)85)60(97-39(6)82)54(109-69)33-94-36(3)79/h13-27,52-54,58-69H,28-33H2,1-12H3,(H,73,89)(H,74,90)(H,75,91)/b70-25-,71-26-,72-27+/t52-,53-,54-,58-,59-,60-,61+,62+,63+,64+,65+,66+,67+,68+,69+/m1/s1. The summed E-state index contributed by atoms with van der Waals surface area (Å²) in [4.78, 5) is 188. The number of esters is 12. The fraction of sp³-hybridized carbons (Fsp3) is 0.478. The maximum atomic E-state index is 13.5. The van der Waals surface area contributed by atoms with Gasteiger partial charge in [0.2, 0.25) is 37.2 Å². The molecule has 3 N–H and O–H groups in total. The zero-order valence-electron chi connectivity index (χ0n) is 60.8. The van der Waals surface area contributed by atoms with E-state index in [1.807, 2.05) is 0 Å². The molecule has 3 amide bonds. The number of nitrogens with zero attached hydrogens (tertiary/aromatic N) is 4. The first-order valence-corrected chi connectivity index (χ1v) is 33.0. The molecule has 15 atom stereocenters. The first kappa shape index (κ1) is 85.9. The second kappa shape index (κ2) is 41.8. The summed E-state index contributed by atoms with van der Waals surface area (Å²) in [6.45, 7) is 9.45. The predicted octanol–water partition coefficient (Wildman–Crippen LogP) is 0.125. The first-order valence-electron chi connectivity index (χ1n) is 33.0. The molecule has 6 rings (SSSR count). The highest BCUT2D eigenvalue weighted by molar-refractivity contribution is 5.88. The van der Waals surface area contributed by atoms with Crippen molar-refractivity contribution >= 4 is 108 Å². The number of benzene rings is 3. The molecule has 40 nitrogen and oxygen atoms in total. The van der Waals surface area contributed by atoms with E-state index in [0.29, 0.717) is 16.7 Å². The van der Waals surface area contributed by atoms with Gasteiger partial charge in [0.15, 0.2) is 36.6 Å². The Hall–Kier alpha value is -12.0. The van der Waals surface area contributed by atoms with Crippen LogP contribution in [0.25, 0.3) is 0 Å². The largest absolute Gasteiger partial charge is 0.463 e. The normalized spacial score (nSPS) is 23.6. The van der Waals surface area contributed by atoms with E-state index in [0.717, 1.165) is 88.0 Å². The summed E-state index contributed by atoms with van der Waals surface area (Å²) in [5.41, 5.74) is 7.99. The molecule has 3 saturated heterocycles. The van der Waals surface area contributed by atoms with Gasteiger partial charge in [-0.1, -0.05) is 0 Å².